The molecule has 0 aliphatic carbocycles. The van der Waals surface area contributed by atoms with Crippen molar-refractivity contribution in [2.24, 2.45) is 11.3 Å². The highest BCUT2D eigenvalue weighted by atomic mass is 32.2. The van der Waals surface area contributed by atoms with Crippen molar-refractivity contribution in [1.29, 1.82) is 0 Å². The summed E-state index contributed by atoms with van der Waals surface area (Å²) in [6, 6.07) is 11.4. The normalized spacial score (nSPS) is 23.8. The maximum Gasteiger partial charge on any atom is 0.353 e. The number of aryl methyl sites for hydroxylation is 1. The predicted molar refractivity (Wildman–Crippen MR) is 137 cm³/mol. The molecule has 1 saturated heterocycles. The van der Waals surface area contributed by atoms with Gasteiger partial charge < -0.3 is 19.5 Å². The maximum atomic E-state index is 13.0. The van der Waals surface area contributed by atoms with Crippen LogP contribution < -0.4 is 0 Å². The van der Waals surface area contributed by atoms with Crippen LogP contribution in [0.3, 0.4) is 0 Å². The minimum Gasteiger partial charge on any atom is -0.477 e. The second-order valence-corrected chi connectivity index (χ2v) is 10.8. The zero-order chi connectivity index (χ0) is 26.5. The molecule has 37 heavy (non-hydrogen) atoms. The number of aromatic nitrogens is 2. The van der Waals surface area contributed by atoms with Crippen molar-refractivity contribution >= 4 is 34.8 Å². The van der Waals surface area contributed by atoms with Gasteiger partial charge in [-0.15, -0.1) is 11.8 Å². The van der Waals surface area contributed by atoms with Crippen molar-refractivity contribution in [3.05, 3.63) is 87.0 Å². The van der Waals surface area contributed by atoms with Gasteiger partial charge in [0.15, 0.2) is 0 Å². The molecule has 4 atom stereocenters. The van der Waals surface area contributed by atoms with Crippen molar-refractivity contribution in [1.82, 2.24) is 14.3 Å². The number of hydrogen-bond acceptors (Lipinski definition) is 7. The van der Waals surface area contributed by atoms with Crippen molar-refractivity contribution in [3.63, 3.8) is 0 Å². The Bertz CT molecular complexity index is 1430. The first-order chi connectivity index (χ1) is 17.6. The van der Waals surface area contributed by atoms with Gasteiger partial charge >= 0.3 is 5.97 Å². The van der Waals surface area contributed by atoms with Gasteiger partial charge in [0.2, 0.25) is 5.91 Å². The molecule has 4 heterocycles. The van der Waals surface area contributed by atoms with E-state index in [1.807, 2.05) is 35.7 Å². The molecule has 0 spiro atoms. The van der Waals surface area contributed by atoms with Gasteiger partial charge in [-0.1, -0.05) is 25.1 Å². The molecule has 2 aliphatic rings. The van der Waals surface area contributed by atoms with Gasteiger partial charge in [-0.05, 0) is 31.0 Å². The number of aliphatic hydroxyl groups excluding tert-OH is 1. The Morgan fingerprint density at radius 3 is 2.65 bits per heavy atom. The summed E-state index contributed by atoms with van der Waals surface area (Å²) in [7, 11) is 0. The van der Waals surface area contributed by atoms with Crippen LogP contribution in [0.4, 0.5) is 5.69 Å². The van der Waals surface area contributed by atoms with E-state index in [9.17, 15) is 29.9 Å². The molecule has 192 valence electrons. The zero-order valence-corrected chi connectivity index (χ0v) is 21.1. The van der Waals surface area contributed by atoms with Gasteiger partial charge in [0.1, 0.15) is 5.70 Å². The number of carbonyl (C=O) groups is 2. The molecule has 1 amide bonds. The first kappa shape index (κ1) is 25.0. The molecule has 1 aromatic carbocycles. The number of hydrogen-bond donors (Lipinski definition) is 2. The van der Waals surface area contributed by atoms with E-state index in [1.54, 1.807) is 25.4 Å². The number of nitrogens with zero attached hydrogens (tertiary/aromatic N) is 4. The molecule has 2 N–H and O–H groups in total. The highest BCUT2D eigenvalue weighted by molar-refractivity contribution is 8.03. The van der Waals surface area contributed by atoms with Crippen molar-refractivity contribution in [2.45, 2.75) is 38.8 Å². The lowest BCUT2D eigenvalue weighted by molar-refractivity contribution is -0.384. The van der Waals surface area contributed by atoms with Crippen LogP contribution in [0, 0.1) is 21.4 Å². The summed E-state index contributed by atoms with van der Waals surface area (Å²) < 4.78 is 1.92. The first-order valence-corrected chi connectivity index (χ1v) is 12.9. The van der Waals surface area contributed by atoms with Crippen LogP contribution in [-0.4, -0.2) is 59.2 Å². The maximum absolute atomic E-state index is 13.0. The number of thioether (sulfide) groups is 1. The minimum absolute atomic E-state index is 0.0358. The molecule has 2 aromatic heterocycles. The number of amides is 1. The summed E-state index contributed by atoms with van der Waals surface area (Å²) in [5, 5.41) is 31.6. The largest absolute Gasteiger partial charge is 0.477 e. The average molecular weight is 523 g/mol. The Kier molecular flexibility index (Phi) is 6.28. The lowest BCUT2D eigenvalue weighted by Gasteiger charge is -2.51. The first-order valence-electron chi connectivity index (χ1n) is 11.9. The molecule has 0 saturated carbocycles. The van der Waals surface area contributed by atoms with E-state index in [0.29, 0.717) is 23.5 Å². The van der Waals surface area contributed by atoms with E-state index in [0.717, 1.165) is 16.8 Å². The molecular weight excluding hydrogens is 496 g/mol. The highest BCUT2D eigenvalue weighted by Gasteiger charge is 2.66. The summed E-state index contributed by atoms with van der Waals surface area (Å²) in [4.78, 5) is 42.4. The Balaban J connectivity index is 1.48. The van der Waals surface area contributed by atoms with Crippen molar-refractivity contribution < 1.29 is 24.7 Å². The second kappa shape index (κ2) is 9.31. The number of carboxylic acid groups (broad SMARTS) is 1. The second-order valence-electron chi connectivity index (χ2n) is 9.70. The third kappa shape index (κ3) is 4.08. The Labute approximate surface area is 216 Å². The lowest BCUT2D eigenvalue weighted by atomic mass is 9.67. The Hall–Kier alpha value is -3.70. The third-order valence-electron chi connectivity index (χ3n) is 7.32. The third-order valence-corrected chi connectivity index (χ3v) is 8.67. The topological polar surface area (TPSA) is 138 Å². The van der Waals surface area contributed by atoms with Gasteiger partial charge in [-0.2, -0.15) is 0 Å². The predicted octanol–water partition coefficient (Wildman–Crippen LogP) is 3.28. The minimum atomic E-state index is -1.19. The van der Waals surface area contributed by atoms with Gasteiger partial charge in [0.25, 0.3) is 5.69 Å². The molecular formula is C26H26N4O6S. The molecule has 5 rings (SSSR count). The smallest absolute Gasteiger partial charge is 0.353 e. The number of aliphatic hydroxyl groups is 1. The lowest BCUT2D eigenvalue weighted by Crippen LogP contribution is -2.66. The van der Waals surface area contributed by atoms with Crippen LogP contribution in [0.25, 0.3) is 5.52 Å². The SMILES string of the molecule is C[C@@H](O)[C@H]1C(=O)N2C(C(=O)O)=C(SCCc3ncn4ccccc34)[C@](C)(Cc3ccc([N+](=O)[O-])cc3)[C@H]12. The Morgan fingerprint density at radius 1 is 1.27 bits per heavy atom. The van der Waals surface area contributed by atoms with E-state index >= 15 is 0 Å². The molecule has 11 heteroatoms. The van der Waals surface area contributed by atoms with Crippen LogP contribution in [0.1, 0.15) is 25.1 Å². The molecule has 3 aromatic rings. The van der Waals surface area contributed by atoms with Crippen molar-refractivity contribution in [2.75, 3.05) is 5.75 Å². The fourth-order valence-corrected chi connectivity index (χ4v) is 6.99. The summed E-state index contributed by atoms with van der Waals surface area (Å²) >= 11 is 1.39. The quantitative estimate of drug-likeness (QED) is 0.248. The summed E-state index contributed by atoms with van der Waals surface area (Å²) in [6.45, 7) is 3.46. The number of benzene rings is 1. The number of pyridine rings is 1. The van der Waals surface area contributed by atoms with E-state index in [-0.39, 0.29) is 11.4 Å². The molecule has 1 fully saturated rings. The highest BCUT2D eigenvalue weighted by Crippen LogP contribution is 2.58. The monoisotopic (exact) mass is 522 g/mol. The average Bonchev–Trinajstić information content (AvgIpc) is 3.35. The number of carbonyl (C=O) groups excluding carboxylic acids is 1. The van der Waals surface area contributed by atoms with Crippen LogP contribution in [-0.2, 0) is 22.4 Å². The number of non-ortho nitro benzene ring substituents is 1. The van der Waals surface area contributed by atoms with Gasteiger partial charge in [0.05, 0.1) is 40.5 Å². The molecule has 0 bridgehead atoms. The van der Waals surface area contributed by atoms with E-state index in [2.05, 4.69) is 4.98 Å². The van der Waals surface area contributed by atoms with Crippen LogP contribution in [0.2, 0.25) is 0 Å². The summed E-state index contributed by atoms with van der Waals surface area (Å²) in [5.74, 6) is -1.78. The number of carboxylic acids is 1. The number of rotatable bonds is 9. The fraction of sp³-hybridized carbons (Fsp3) is 0.346. The van der Waals surface area contributed by atoms with Gasteiger partial charge in [0, 0.05) is 40.8 Å². The van der Waals surface area contributed by atoms with Crippen molar-refractivity contribution in [3.8, 4) is 0 Å². The van der Waals surface area contributed by atoms with Crippen LogP contribution in [0.15, 0.2) is 65.6 Å². The molecule has 0 unspecified atom stereocenters. The van der Waals surface area contributed by atoms with E-state index in [4.69, 9.17) is 0 Å². The summed E-state index contributed by atoms with van der Waals surface area (Å²) in [6.07, 6.45) is 3.66. The van der Waals surface area contributed by atoms with E-state index < -0.39 is 40.3 Å². The van der Waals surface area contributed by atoms with E-state index in [1.165, 1.54) is 28.8 Å². The molecule has 10 nitrogen and oxygen atoms in total. The number of imidazole rings is 1. The van der Waals surface area contributed by atoms with Gasteiger partial charge in [-0.3, -0.25) is 14.9 Å². The number of nitro benzene ring substituents is 1. The standard InChI is InChI=1S/C26H26N4O6S/c1-15(31)20-22-26(2,13-16-6-8-17(9-7-16)30(35)36)23(21(25(33)34)29(22)24(20)32)37-12-10-18-19-5-3-4-11-28(19)14-27-18/h3-9,11,14-15,20,22,31H,10,12-13H2,1-2H3,(H,33,34)/t15-,20-,22+,26-/m1/s1. The van der Waals surface area contributed by atoms with Crippen LogP contribution >= 0.6 is 11.8 Å². The zero-order valence-electron chi connectivity index (χ0n) is 20.3. The van der Waals surface area contributed by atoms with Gasteiger partial charge in [-0.25, -0.2) is 9.78 Å². The van der Waals surface area contributed by atoms with Crippen LogP contribution in [0.5, 0.6) is 0 Å². The number of nitro groups is 1. The number of aliphatic carboxylic acids is 1. The summed E-state index contributed by atoms with van der Waals surface area (Å²) in [5.41, 5.74) is 1.76. The fourth-order valence-electron chi connectivity index (χ4n) is 5.65. The molecule has 0 radical (unpaired) electrons. The number of β-lactam (4-membered cyclic amide) rings is 1. The number of fused-ring (bicyclic) bond motifs is 2. The Morgan fingerprint density at radius 2 is 2.00 bits per heavy atom. The molecule has 2 aliphatic heterocycles.